The quantitative estimate of drug-likeness (QED) is 0.211. The van der Waals surface area contributed by atoms with Crippen molar-refractivity contribution in [3.05, 3.63) is 115 Å². The Balaban J connectivity index is 1.44. The zero-order chi connectivity index (χ0) is 24.9. The van der Waals surface area contributed by atoms with E-state index in [4.69, 9.17) is 31.4 Å². The maximum absolute atomic E-state index is 6.25. The molecule has 0 bridgehead atoms. The number of nitrogen functional groups attached to an aromatic ring is 3. The molecular formula is C30H25N3O3. The molecule has 0 unspecified atom stereocenters. The van der Waals surface area contributed by atoms with E-state index in [9.17, 15) is 0 Å². The van der Waals surface area contributed by atoms with Crippen LogP contribution >= 0.6 is 0 Å². The van der Waals surface area contributed by atoms with Gasteiger partial charge >= 0.3 is 0 Å². The second kappa shape index (κ2) is 10.0. The van der Waals surface area contributed by atoms with Crippen LogP contribution in [0.25, 0.3) is 11.1 Å². The first-order chi connectivity index (χ1) is 17.5. The first-order valence-corrected chi connectivity index (χ1v) is 11.4. The highest BCUT2D eigenvalue weighted by atomic mass is 16.5. The lowest BCUT2D eigenvalue weighted by Crippen LogP contribution is -1.92. The van der Waals surface area contributed by atoms with Crippen LogP contribution in [-0.2, 0) is 0 Å². The van der Waals surface area contributed by atoms with E-state index >= 15 is 0 Å². The van der Waals surface area contributed by atoms with Crippen LogP contribution in [0.4, 0.5) is 17.1 Å². The topological polar surface area (TPSA) is 106 Å². The molecule has 0 amide bonds. The van der Waals surface area contributed by atoms with Gasteiger partial charge in [0.1, 0.15) is 34.5 Å². The van der Waals surface area contributed by atoms with E-state index in [-0.39, 0.29) is 0 Å². The van der Waals surface area contributed by atoms with Gasteiger partial charge in [0.25, 0.3) is 0 Å². The molecule has 0 radical (unpaired) electrons. The van der Waals surface area contributed by atoms with Crippen molar-refractivity contribution in [2.45, 2.75) is 0 Å². The Morgan fingerprint density at radius 3 is 1.19 bits per heavy atom. The van der Waals surface area contributed by atoms with E-state index in [1.54, 1.807) is 36.4 Å². The third-order valence-corrected chi connectivity index (χ3v) is 5.46. The Morgan fingerprint density at radius 1 is 0.361 bits per heavy atom. The van der Waals surface area contributed by atoms with Crippen LogP contribution in [-0.4, -0.2) is 0 Å². The minimum absolute atomic E-state index is 0.636. The van der Waals surface area contributed by atoms with Gasteiger partial charge in [0.15, 0.2) is 0 Å². The Labute approximate surface area is 209 Å². The highest BCUT2D eigenvalue weighted by Crippen LogP contribution is 2.38. The fourth-order valence-electron chi connectivity index (χ4n) is 3.60. The fraction of sp³-hybridized carbons (Fsp3) is 0. The van der Waals surface area contributed by atoms with E-state index < -0.39 is 0 Å². The van der Waals surface area contributed by atoms with Crippen molar-refractivity contribution in [2.24, 2.45) is 0 Å². The van der Waals surface area contributed by atoms with Crippen LogP contribution < -0.4 is 31.4 Å². The third-order valence-electron chi connectivity index (χ3n) is 5.46. The van der Waals surface area contributed by atoms with Gasteiger partial charge in [-0.15, -0.1) is 0 Å². The van der Waals surface area contributed by atoms with Gasteiger partial charge in [-0.1, -0.05) is 12.1 Å². The molecule has 0 heterocycles. The van der Waals surface area contributed by atoms with Gasteiger partial charge in [0.2, 0.25) is 0 Å². The SMILES string of the molecule is Nc1ccc(Oc2ccc(-c3ccc(Oc4ccc(N)cc4)cc3Oc3ccc(N)cc3)cc2)cc1. The zero-order valence-corrected chi connectivity index (χ0v) is 19.4. The van der Waals surface area contributed by atoms with E-state index in [1.165, 1.54) is 0 Å². The normalized spacial score (nSPS) is 10.6. The second-order valence-electron chi connectivity index (χ2n) is 8.20. The summed E-state index contributed by atoms with van der Waals surface area (Å²) in [7, 11) is 0. The monoisotopic (exact) mass is 475 g/mol. The molecule has 0 aliphatic rings. The summed E-state index contributed by atoms with van der Waals surface area (Å²) in [4.78, 5) is 0. The summed E-state index contributed by atoms with van der Waals surface area (Å²) in [5.41, 5.74) is 21.3. The van der Waals surface area contributed by atoms with Crippen molar-refractivity contribution in [2.75, 3.05) is 17.2 Å². The molecule has 178 valence electrons. The van der Waals surface area contributed by atoms with Crippen molar-refractivity contribution in [1.82, 2.24) is 0 Å². The molecule has 5 aromatic carbocycles. The lowest BCUT2D eigenvalue weighted by molar-refractivity contribution is 0.461. The minimum atomic E-state index is 0.636. The summed E-state index contributed by atoms with van der Waals surface area (Å²) in [6.07, 6.45) is 0. The molecule has 0 saturated heterocycles. The highest BCUT2D eigenvalue weighted by molar-refractivity contribution is 5.73. The average molecular weight is 476 g/mol. The van der Waals surface area contributed by atoms with Crippen LogP contribution in [0.2, 0.25) is 0 Å². The van der Waals surface area contributed by atoms with Crippen molar-refractivity contribution in [1.29, 1.82) is 0 Å². The smallest absolute Gasteiger partial charge is 0.138 e. The van der Waals surface area contributed by atoms with Crippen LogP contribution in [0.15, 0.2) is 115 Å². The summed E-state index contributed by atoms with van der Waals surface area (Å²) in [5, 5.41) is 0. The number of benzene rings is 5. The van der Waals surface area contributed by atoms with Gasteiger partial charge in [-0.3, -0.25) is 0 Å². The summed E-state index contributed by atoms with van der Waals surface area (Å²) in [6, 6.07) is 35.3. The lowest BCUT2D eigenvalue weighted by Gasteiger charge is -2.15. The summed E-state index contributed by atoms with van der Waals surface area (Å²) >= 11 is 0. The number of hydrogen-bond donors (Lipinski definition) is 3. The average Bonchev–Trinajstić information content (AvgIpc) is 2.89. The minimum Gasteiger partial charge on any atom is -0.457 e. The van der Waals surface area contributed by atoms with Gasteiger partial charge in [-0.2, -0.15) is 0 Å². The summed E-state index contributed by atoms with van der Waals surface area (Å²) in [5.74, 6) is 4.05. The molecule has 0 aliphatic heterocycles. The molecule has 0 aliphatic carbocycles. The largest absolute Gasteiger partial charge is 0.457 e. The lowest BCUT2D eigenvalue weighted by atomic mass is 10.0. The molecule has 5 rings (SSSR count). The Morgan fingerprint density at radius 2 is 0.722 bits per heavy atom. The van der Waals surface area contributed by atoms with Gasteiger partial charge in [-0.05, 0) is 103 Å². The number of hydrogen-bond acceptors (Lipinski definition) is 6. The number of rotatable bonds is 7. The van der Waals surface area contributed by atoms with E-state index in [1.807, 2.05) is 78.9 Å². The molecule has 6 N–H and O–H groups in total. The molecule has 6 nitrogen and oxygen atoms in total. The second-order valence-corrected chi connectivity index (χ2v) is 8.20. The van der Waals surface area contributed by atoms with Crippen molar-refractivity contribution >= 4 is 17.1 Å². The maximum Gasteiger partial charge on any atom is 0.138 e. The maximum atomic E-state index is 6.25. The molecule has 36 heavy (non-hydrogen) atoms. The third kappa shape index (κ3) is 5.51. The van der Waals surface area contributed by atoms with E-state index in [2.05, 4.69) is 0 Å². The molecule has 0 aromatic heterocycles. The predicted octanol–water partition coefficient (Wildman–Crippen LogP) is 7.48. The number of anilines is 3. The number of nitrogens with two attached hydrogens (primary N) is 3. The first-order valence-electron chi connectivity index (χ1n) is 11.4. The van der Waals surface area contributed by atoms with Gasteiger partial charge in [0.05, 0.1) is 0 Å². The highest BCUT2D eigenvalue weighted by Gasteiger charge is 2.11. The van der Waals surface area contributed by atoms with E-state index in [0.29, 0.717) is 51.6 Å². The van der Waals surface area contributed by atoms with Crippen LogP contribution in [0.3, 0.4) is 0 Å². The summed E-state index contributed by atoms with van der Waals surface area (Å²) < 4.78 is 18.2. The summed E-state index contributed by atoms with van der Waals surface area (Å²) in [6.45, 7) is 0. The van der Waals surface area contributed by atoms with Gasteiger partial charge in [0, 0.05) is 28.7 Å². The Hall–Kier alpha value is -5.10. The Bertz CT molecular complexity index is 1450. The van der Waals surface area contributed by atoms with Crippen molar-refractivity contribution < 1.29 is 14.2 Å². The van der Waals surface area contributed by atoms with Gasteiger partial charge < -0.3 is 31.4 Å². The molecule has 0 atom stereocenters. The molecular weight excluding hydrogens is 450 g/mol. The molecule has 5 aromatic rings. The molecule has 0 saturated carbocycles. The van der Waals surface area contributed by atoms with Crippen LogP contribution in [0.5, 0.6) is 34.5 Å². The number of ether oxygens (including phenoxy) is 3. The van der Waals surface area contributed by atoms with Crippen molar-refractivity contribution in [3.8, 4) is 45.6 Å². The predicted molar refractivity (Wildman–Crippen MR) is 145 cm³/mol. The van der Waals surface area contributed by atoms with Gasteiger partial charge in [-0.25, -0.2) is 0 Å². The molecule has 0 fully saturated rings. The fourth-order valence-corrected chi connectivity index (χ4v) is 3.60. The standard InChI is InChI=1S/C30H25N3O3/c31-21-3-11-25(12-4-21)34-24-9-1-20(2-10-24)29-18-17-28(35-26-13-5-22(32)6-14-26)19-30(29)36-27-15-7-23(33)8-16-27/h1-19H,31-33H2. The van der Waals surface area contributed by atoms with Crippen molar-refractivity contribution in [3.63, 3.8) is 0 Å². The molecule has 6 heteroatoms. The Kier molecular flexibility index (Phi) is 6.32. The van der Waals surface area contributed by atoms with Crippen LogP contribution in [0.1, 0.15) is 0 Å². The zero-order valence-electron chi connectivity index (χ0n) is 19.4. The first kappa shape index (κ1) is 22.7. The molecule has 0 spiro atoms. The van der Waals surface area contributed by atoms with E-state index in [0.717, 1.165) is 11.1 Å². The van der Waals surface area contributed by atoms with Crippen LogP contribution in [0, 0.1) is 0 Å².